The van der Waals surface area contributed by atoms with Crippen LogP contribution in [-0.2, 0) is 0 Å². The first-order valence-corrected chi connectivity index (χ1v) is 4.50. The van der Waals surface area contributed by atoms with E-state index in [9.17, 15) is 9.90 Å². The van der Waals surface area contributed by atoms with Crippen molar-refractivity contribution in [3.05, 3.63) is 31.7 Å². The molecule has 0 aliphatic carbocycles. The second-order valence-electron chi connectivity index (χ2n) is 2.13. The molecule has 7 heteroatoms. The number of hydrogen-bond donors (Lipinski definition) is 0. The zero-order valence-electron chi connectivity index (χ0n) is 6.91. The molecule has 0 bridgehead atoms. The van der Waals surface area contributed by atoms with E-state index in [1.165, 1.54) is 6.07 Å². The SMILES string of the molecule is O=C([O-])c1c(Cl)c(Cl)cc(Cl)c1Cl.[Na+]. The van der Waals surface area contributed by atoms with Crippen molar-refractivity contribution in [2.24, 2.45) is 0 Å². The zero-order chi connectivity index (χ0) is 10.2. The maximum atomic E-state index is 10.5. The average Bonchev–Trinajstić information content (AvgIpc) is 2.01. The Morgan fingerprint density at radius 1 is 1.07 bits per heavy atom. The van der Waals surface area contributed by atoms with Crippen LogP contribution in [0.3, 0.4) is 0 Å². The van der Waals surface area contributed by atoms with Crippen LogP contribution in [0, 0.1) is 0 Å². The summed E-state index contributed by atoms with van der Waals surface area (Å²) in [6.07, 6.45) is 0. The van der Waals surface area contributed by atoms with E-state index in [2.05, 4.69) is 0 Å². The molecule has 0 radical (unpaired) electrons. The first-order valence-electron chi connectivity index (χ1n) is 2.99. The zero-order valence-corrected chi connectivity index (χ0v) is 11.9. The molecule has 1 aromatic rings. The molecule has 0 aliphatic heterocycles. The van der Waals surface area contributed by atoms with E-state index in [0.29, 0.717) is 0 Å². The predicted octanol–water partition coefficient (Wildman–Crippen LogP) is -0.332. The normalized spacial score (nSPS) is 9.43. The molecule has 0 aliphatic rings. The van der Waals surface area contributed by atoms with Gasteiger partial charge in [-0.3, -0.25) is 0 Å². The molecule has 0 heterocycles. The molecule has 0 amide bonds. The Morgan fingerprint density at radius 2 is 1.43 bits per heavy atom. The number of halogens is 4. The van der Waals surface area contributed by atoms with E-state index < -0.39 is 5.97 Å². The summed E-state index contributed by atoms with van der Waals surface area (Å²) in [5.74, 6) is -1.51. The number of carbonyl (C=O) groups excluding carboxylic acids is 1. The van der Waals surface area contributed by atoms with E-state index in [0.717, 1.165) is 0 Å². The quantitative estimate of drug-likeness (QED) is 0.522. The maximum absolute atomic E-state index is 10.5. The second kappa shape index (κ2) is 5.80. The molecule has 14 heavy (non-hydrogen) atoms. The van der Waals surface area contributed by atoms with Gasteiger partial charge in [-0.25, -0.2) is 0 Å². The summed E-state index contributed by atoms with van der Waals surface area (Å²) in [6, 6.07) is 1.26. The third-order valence-electron chi connectivity index (χ3n) is 1.32. The van der Waals surface area contributed by atoms with Crippen LogP contribution < -0.4 is 34.7 Å². The first kappa shape index (κ1) is 14.8. The Bertz CT molecular complexity index is 354. The van der Waals surface area contributed by atoms with Crippen LogP contribution >= 0.6 is 46.4 Å². The number of carboxylic acids is 1. The van der Waals surface area contributed by atoms with Crippen molar-refractivity contribution < 1.29 is 39.5 Å². The summed E-state index contributed by atoms with van der Waals surface area (Å²) in [4.78, 5) is 10.5. The Hall–Kier alpha value is 0.850. The van der Waals surface area contributed by atoms with Crippen molar-refractivity contribution in [2.45, 2.75) is 0 Å². The standard InChI is InChI=1S/C7H2Cl4O2.Na/c8-2-1-3(9)6(11)4(5(2)10)7(12)13;/h1H,(H,12,13);/q;+1/p-1. The molecular weight excluding hydrogens is 281 g/mol. The Balaban J connectivity index is 0.00000169. The van der Waals surface area contributed by atoms with Crippen molar-refractivity contribution in [3.63, 3.8) is 0 Å². The van der Waals surface area contributed by atoms with Crippen molar-refractivity contribution in [3.8, 4) is 0 Å². The van der Waals surface area contributed by atoms with Gasteiger partial charge in [0.25, 0.3) is 0 Å². The smallest absolute Gasteiger partial charge is 0.545 e. The van der Waals surface area contributed by atoms with E-state index in [1.807, 2.05) is 0 Å². The van der Waals surface area contributed by atoms with Crippen LogP contribution in [0.5, 0.6) is 0 Å². The number of carbonyl (C=O) groups is 1. The molecule has 1 rings (SSSR count). The Labute approximate surface area is 122 Å². The summed E-state index contributed by atoms with van der Waals surface area (Å²) in [5, 5.41) is 10.3. The third-order valence-corrected chi connectivity index (χ3v) is 2.89. The van der Waals surface area contributed by atoms with E-state index in [-0.39, 0.29) is 55.2 Å². The molecule has 1 aromatic carbocycles. The minimum Gasteiger partial charge on any atom is -0.545 e. The van der Waals surface area contributed by atoms with Crippen molar-refractivity contribution in [1.29, 1.82) is 0 Å². The molecule has 0 saturated carbocycles. The minimum absolute atomic E-state index is 0. The predicted molar refractivity (Wildman–Crippen MR) is 50.8 cm³/mol. The number of carboxylic acid groups (broad SMARTS) is 1. The van der Waals surface area contributed by atoms with Gasteiger partial charge in [-0.15, -0.1) is 0 Å². The van der Waals surface area contributed by atoms with Gasteiger partial charge in [-0.1, -0.05) is 46.4 Å². The number of hydrogen-bond acceptors (Lipinski definition) is 2. The van der Waals surface area contributed by atoms with Crippen LogP contribution in [0.25, 0.3) is 0 Å². The fraction of sp³-hybridized carbons (Fsp3) is 0. The monoisotopic (exact) mass is 280 g/mol. The van der Waals surface area contributed by atoms with E-state index >= 15 is 0 Å². The largest absolute Gasteiger partial charge is 1.00 e. The van der Waals surface area contributed by atoms with Crippen LogP contribution in [0.4, 0.5) is 0 Å². The number of rotatable bonds is 1. The van der Waals surface area contributed by atoms with Gasteiger partial charge in [0.2, 0.25) is 0 Å². The summed E-state index contributed by atoms with van der Waals surface area (Å²) >= 11 is 22.3. The fourth-order valence-electron chi connectivity index (χ4n) is 0.752. The summed E-state index contributed by atoms with van der Waals surface area (Å²) in [6.45, 7) is 0. The molecule has 0 aromatic heterocycles. The van der Waals surface area contributed by atoms with Gasteiger partial charge in [0.1, 0.15) is 0 Å². The van der Waals surface area contributed by atoms with E-state index in [4.69, 9.17) is 46.4 Å². The molecule has 0 fully saturated rings. The number of benzene rings is 1. The van der Waals surface area contributed by atoms with Gasteiger partial charge < -0.3 is 9.90 Å². The van der Waals surface area contributed by atoms with Gasteiger partial charge in [0, 0.05) is 5.56 Å². The molecule has 2 nitrogen and oxygen atoms in total. The van der Waals surface area contributed by atoms with Gasteiger partial charge in [0.05, 0.1) is 26.1 Å². The molecule has 0 unspecified atom stereocenters. The van der Waals surface area contributed by atoms with Gasteiger partial charge in [-0.2, -0.15) is 0 Å². The fourth-order valence-corrected chi connectivity index (χ4v) is 1.72. The summed E-state index contributed by atoms with van der Waals surface area (Å²) < 4.78 is 0. The molecule has 70 valence electrons. The topological polar surface area (TPSA) is 40.1 Å². The number of aromatic carboxylic acids is 1. The van der Waals surface area contributed by atoms with E-state index in [1.54, 1.807) is 0 Å². The van der Waals surface area contributed by atoms with Crippen molar-refractivity contribution in [2.75, 3.05) is 0 Å². The molecular formula is C7HCl4NaO2. The van der Waals surface area contributed by atoms with Gasteiger partial charge >= 0.3 is 29.6 Å². The molecule has 0 atom stereocenters. The van der Waals surface area contributed by atoms with Gasteiger partial charge in [0.15, 0.2) is 0 Å². The molecule has 0 saturated heterocycles. The molecule has 0 spiro atoms. The van der Waals surface area contributed by atoms with Crippen LogP contribution in [0.1, 0.15) is 10.4 Å². The maximum Gasteiger partial charge on any atom is 1.00 e. The Kier molecular flexibility index (Phi) is 6.16. The second-order valence-corrected chi connectivity index (χ2v) is 3.70. The average molecular weight is 282 g/mol. The van der Waals surface area contributed by atoms with Crippen LogP contribution in [0.2, 0.25) is 20.1 Å². The van der Waals surface area contributed by atoms with Crippen LogP contribution in [0.15, 0.2) is 6.07 Å². The Morgan fingerprint density at radius 3 is 1.71 bits per heavy atom. The summed E-state index contributed by atoms with van der Waals surface area (Å²) in [5.41, 5.74) is -0.388. The molecule has 0 N–H and O–H groups in total. The van der Waals surface area contributed by atoms with Crippen molar-refractivity contribution >= 4 is 52.4 Å². The minimum atomic E-state index is -1.51. The van der Waals surface area contributed by atoms with Crippen molar-refractivity contribution in [1.82, 2.24) is 0 Å². The van der Waals surface area contributed by atoms with Crippen LogP contribution in [-0.4, -0.2) is 5.97 Å². The summed E-state index contributed by atoms with van der Waals surface area (Å²) in [7, 11) is 0. The first-order chi connectivity index (χ1) is 5.95. The third kappa shape index (κ3) is 2.92. The van der Waals surface area contributed by atoms with Gasteiger partial charge in [-0.05, 0) is 6.07 Å².